The molecule has 108 valence electrons. The van der Waals surface area contributed by atoms with Crippen LogP contribution in [0.2, 0.25) is 0 Å². The summed E-state index contributed by atoms with van der Waals surface area (Å²) in [6.45, 7) is 3.08. The molecule has 0 spiro atoms. The molecule has 2 N–H and O–H groups in total. The maximum atomic E-state index is 12.4. The van der Waals surface area contributed by atoms with Crippen LogP contribution in [0.3, 0.4) is 0 Å². The summed E-state index contributed by atoms with van der Waals surface area (Å²) in [7, 11) is 0. The van der Waals surface area contributed by atoms with Crippen LogP contribution in [0.15, 0.2) is 30.0 Å². The van der Waals surface area contributed by atoms with Crippen LogP contribution in [-0.4, -0.2) is 22.9 Å². The molecule has 1 aromatic rings. The number of alkyl halides is 3. The molecule has 1 aromatic carbocycles. The number of nitrogens with one attached hydrogen (secondary N) is 1. The molecule has 4 nitrogen and oxygen atoms in total. The van der Waals surface area contributed by atoms with Gasteiger partial charge in [0.15, 0.2) is 0 Å². The van der Waals surface area contributed by atoms with E-state index in [2.05, 4.69) is 10.1 Å². The Morgan fingerprint density at radius 1 is 1.25 bits per heavy atom. The van der Waals surface area contributed by atoms with Gasteiger partial charge in [0.25, 0.3) is 5.91 Å². The number of ether oxygens (including phenoxy) is 1. The normalized spacial score (nSPS) is 18.1. The number of para-hydroxylation sites is 1. The van der Waals surface area contributed by atoms with E-state index in [0.717, 1.165) is 6.07 Å². The van der Waals surface area contributed by atoms with E-state index in [1.54, 1.807) is 13.8 Å². The third-order valence-electron chi connectivity index (χ3n) is 2.86. The van der Waals surface area contributed by atoms with Crippen LogP contribution in [0.5, 0.6) is 5.75 Å². The highest BCUT2D eigenvalue weighted by atomic mass is 19.4. The lowest BCUT2D eigenvalue weighted by Crippen LogP contribution is -2.38. The Morgan fingerprint density at radius 3 is 2.35 bits per heavy atom. The van der Waals surface area contributed by atoms with Crippen LogP contribution in [-0.2, 0) is 4.79 Å². The van der Waals surface area contributed by atoms with Gasteiger partial charge in [-0.2, -0.15) is 0 Å². The topological polar surface area (TPSA) is 58.6 Å². The number of carbonyl (C=O) groups is 1. The fourth-order valence-corrected chi connectivity index (χ4v) is 1.96. The number of rotatable bonds is 2. The zero-order chi connectivity index (χ0) is 15.1. The molecule has 7 heteroatoms. The van der Waals surface area contributed by atoms with Crippen LogP contribution in [0.1, 0.15) is 19.4 Å². The lowest BCUT2D eigenvalue weighted by molar-refractivity contribution is -0.274. The first kappa shape index (κ1) is 14.2. The molecule has 0 unspecified atom stereocenters. The highest BCUT2D eigenvalue weighted by Gasteiger charge is 2.40. The van der Waals surface area contributed by atoms with E-state index in [9.17, 15) is 23.1 Å². The van der Waals surface area contributed by atoms with E-state index >= 15 is 0 Å². The second kappa shape index (κ2) is 4.43. The summed E-state index contributed by atoms with van der Waals surface area (Å²) >= 11 is 0. The maximum Gasteiger partial charge on any atom is 0.573 e. The molecule has 0 radical (unpaired) electrons. The first-order chi connectivity index (χ1) is 9.12. The summed E-state index contributed by atoms with van der Waals surface area (Å²) < 4.78 is 40.9. The molecule has 0 aromatic heterocycles. The minimum absolute atomic E-state index is 0.106. The second-order valence-corrected chi connectivity index (χ2v) is 4.85. The standard InChI is InChI=1S/C13H12F3NO3/c1-12(2)10(18)9(11(19)17-12)7-5-3-4-6-8(7)20-13(14,15)16/h3-6,18H,1-2H3,(H,17,19). The number of hydrogen-bond donors (Lipinski definition) is 2. The van der Waals surface area contributed by atoms with E-state index in [4.69, 9.17) is 0 Å². The Labute approximate surface area is 112 Å². The van der Waals surface area contributed by atoms with E-state index in [1.807, 2.05) is 0 Å². The van der Waals surface area contributed by atoms with Crippen molar-refractivity contribution >= 4 is 11.5 Å². The van der Waals surface area contributed by atoms with Gasteiger partial charge in [0, 0.05) is 5.56 Å². The zero-order valence-electron chi connectivity index (χ0n) is 10.7. The zero-order valence-corrected chi connectivity index (χ0v) is 10.7. The van der Waals surface area contributed by atoms with Crippen molar-refractivity contribution in [3.05, 3.63) is 35.6 Å². The van der Waals surface area contributed by atoms with Gasteiger partial charge in [-0.3, -0.25) is 4.79 Å². The summed E-state index contributed by atoms with van der Waals surface area (Å²) in [5.74, 6) is -1.50. The van der Waals surface area contributed by atoms with Crippen molar-refractivity contribution in [2.75, 3.05) is 0 Å². The van der Waals surface area contributed by atoms with Gasteiger partial charge >= 0.3 is 6.36 Å². The summed E-state index contributed by atoms with van der Waals surface area (Å²) in [6, 6.07) is 5.17. The van der Waals surface area contributed by atoms with Gasteiger partial charge in [-0.15, -0.1) is 13.2 Å². The maximum absolute atomic E-state index is 12.4. The highest BCUT2D eigenvalue weighted by molar-refractivity contribution is 6.23. The average Bonchev–Trinajstić information content (AvgIpc) is 2.48. The van der Waals surface area contributed by atoms with Crippen LogP contribution in [0.4, 0.5) is 13.2 Å². The molecule has 0 aliphatic carbocycles. The summed E-state index contributed by atoms with van der Waals surface area (Å²) in [4.78, 5) is 11.9. The number of aliphatic hydroxyl groups excluding tert-OH is 1. The van der Waals surface area contributed by atoms with Crippen molar-refractivity contribution in [1.29, 1.82) is 0 Å². The van der Waals surface area contributed by atoms with E-state index < -0.39 is 23.6 Å². The number of hydrogen-bond acceptors (Lipinski definition) is 3. The smallest absolute Gasteiger partial charge is 0.509 e. The summed E-state index contributed by atoms with van der Waals surface area (Å²) in [6.07, 6.45) is -4.88. The third-order valence-corrected chi connectivity index (χ3v) is 2.86. The largest absolute Gasteiger partial charge is 0.573 e. The number of amides is 1. The molecule has 0 bridgehead atoms. The summed E-state index contributed by atoms with van der Waals surface area (Å²) in [5, 5.41) is 12.5. The number of carbonyl (C=O) groups excluding carboxylic acids is 1. The van der Waals surface area contributed by atoms with Crippen LogP contribution < -0.4 is 10.1 Å². The fourth-order valence-electron chi connectivity index (χ4n) is 1.96. The van der Waals surface area contributed by atoms with Crippen LogP contribution in [0, 0.1) is 0 Å². The Bertz CT molecular complexity index is 591. The number of aliphatic hydroxyl groups is 1. The Kier molecular flexibility index (Phi) is 3.15. The number of benzene rings is 1. The summed E-state index contributed by atoms with van der Waals surface area (Å²) in [5.41, 5.74) is -1.35. The Morgan fingerprint density at radius 2 is 1.85 bits per heavy atom. The predicted octanol–water partition coefficient (Wildman–Crippen LogP) is 2.76. The van der Waals surface area contributed by atoms with Gasteiger partial charge in [-0.1, -0.05) is 18.2 Å². The Hall–Kier alpha value is -2.18. The van der Waals surface area contributed by atoms with Gasteiger partial charge in [-0.05, 0) is 19.9 Å². The molecule has 0 saturated carbocycles. The van der Waals surface area contributed by atoms with E-state index in [-0.39, 0.29) is 16.9 Å². The van der Waals surface area contributed by atoms with Gasteiger partial charge in [0.1, 0.15) is 11.5 Å². The monoisotopic (exact) mass is 287 g/mol. The lowest BCUT2D eigenvalue weighted by atomic mass is 9.99. The highest BCUT2D eigenvalue weighted by Crippen LogP contribution is 2.37. The van der Waals surface area contributed by atoms with Crippen molar-refractivity contribution in [3.63, 3.8) is 0 Å². The third kappa shape index (κ3) is 2.56. The van der Waals surface area contributed by atoms with E-state index in [1.165, 1.54) is 18.2 Å². The van der Waals surface area contributed by atoms with Crippen LogP contribution in [0.25, 0.3) is 5.57 Å². The van der Waals surface area contributed by atoms with E-state index in [0.29, 0.717) is 0 Å². The average molecular weight is 287 g/mol. The minimum Gasteiger partial charge on any atom is -0.509 e. The van der Waals surface area contributed by atoms with Gasteiger partial charge < -0.3 is 15.2 Å². The molecule has 1 heterocycles. The van der Waals surface area contributed by atoms with Crippen LogP contribution >= 0.6 is 0 Å². The predicted molar refractivity (Wildman–Crippen MR) is 64.9 cm³/mol. The lowest BCUT2D eigenvalue weighted by Gasteiger charge is -2.17. The van der Waals surface area contributed by atoms with Crippen molar-refractivity contribution < 1.29 is 27.8 Å². The molecule has 0 saturated heterocycles. The molecular formula is C13H12F3NO3. The first-order valence-corrected chi connectivity index (χ1v) is 5.73. The molecule has 1 amide bonds. The molecule has 1 aliphatic heterocycles. The molecule has 20 heavy (non-hydrogen) atoms. The SMILES string of the molecule is CC1(C)NC(=O)C(c2ccccc2OC(F)(F)F)=C1O. The fraction of sp³-hybridized carbons (Fsp3) is 0.308. The second-order valence-electron chi connectivity index (χ2n) is 4.85. The Balaban J connectivity index is 2.54. The minimum atomic E-state index is -4.88. The van der Waals surface area contributed by atoms with Gasteiger partial charge in [-0.25, -0.2) is 0 Å². The number of halogens is 3. The van der Waals surface area contributed by atoms with Crippen molar-refractivity contribution in [3.8, 4) is 5.75 Å². The molecule has 2 rings (SSSR count). The molecule has 1 aliphatic rings. The quantitative estimate of drug-likeness (QED) is 0.879. The molecule has 0 fully saturated rings. The van der Waals surface area contributed by atoms with Gasteiger partial charge in [0.05, 0.1) is 11.1 Å². The first-order valence-electron chi connectivity index (χ1n) is 5.73. The van der Waals surface area contributed by atoms with Crippen molar-refractivity contribution in [1.82, 2.24) is 5.32 Å². The van der Waals surface area contributed by atoms with Crippen molar-refractivity contribution in [2.45, 2.75) is 25.7 Å². The van der Waals surface area contributed by atoms with Gasteiger partial charge in [0.2, 0.25) is 0 Å². The molecule has 0 atom stereocenters. The van der Waals surface area contributed by atoms with Crippen molar-refractivity contribution in [2.24, 2.45) is 0 Å². The molecular weight excluding hydrogens is 275 g/mol.